The number of hydrogen-bond acceptors (Lipinski definition) is 4. The van der Waals surface area contributed by atoms with Crippen molar-refractivity contribution in [3.05, 3.63) is 70.3 Å². The maximum absolute atomic E-state index is 14.3. The fourth-order valence-electron chi connectivity index (χ4n) is 2.34. The summed E-state index contributed by atoms with van der Waals surface area (Å²) in [5.41, 5.74) is 2.39. The van der Waals surface area contributed by atoms with Crippen LogP contribution in [0.15, 0.2) is 53.8 Å². The molecular formula is C17H13Cl2FN4O3S. The summed E-state index contributed by atoms with van der Waals surface area (Å²) in [6.45, 7) is 0. The normalized spacial score (nSPS) is 11.4. The van der Waals surface area contributed by atoms with Gasteiger partial charge in [-0.25, -0.2) is 17.8 Å². The number of nitrogens with one attached hydrogen (secondary N) is 2. The van der Waals surface area contributed by atoms with Gasteiger partial charge in [0.05, 0.1) is 27.5 Å². The second kappa shape index (κ2) is 7.88. The Hall–Kier alpha value is -2.46. The number of hydrazine groups is 1. The lowest BCUT2D eigenvalue weighted by atomic mass is 10.1. The number of sulfonamides is 1. The fourth-order valence-corrected chi connectivity index (χ4v) is 3.70. The SMILES string of the molecule is Cn1cnc(-c2cc(Cl)c(F)c(C(=O)NNS(=O)(=O)c3cccc(Cl)c3)c2)c1. The molecule has 0 aliphatic heterocycles. The van der Waals surface area contributed by atoms with E-state index >= 15 is 0 Å². The lowest BCUT2D eigenvalue weighted by molar-refractivity contribution is 0.0941. The first-order chi connectivity index (χ1) is 13.2. The van der Waals surface area contributed by atoms with Crippen LogP contribution in [0.2, 0.25) is 10.0 Å². The molecule has 1 aromatic heterocycles. The fraction of sp³-hybridized carbons (Fsp3) is 0.0588. The summed E-state index contributed by atoms with van der Waals surface area (Å²) in [6.07, 6.45) is 3.19. The number of hydrogen-bond donors (Lipinski definition) is 2. The highest BCUT2D eigenvalue weighted by Gasteiger charge is 2.20. The van der Waals surface area contributed by atoms with Crippen LogP contribution in [0, 0.1) is 5.82 Å². The van der Waals surface area contributed by atoms with E-state index in [-0.39, 0.29) is 14.9 Å². The average molecular weight is 443 g/mol. The molecule has 0 aliphatic rings. The van der Waals surface area contributed by atoms with Crippen molar-refractivity contribution in [3.63, 3.8) is 0 Å². The Balaban J connectivity index is 1.85. The number of imidazole rings is 1. The van der Waals surface area contributed by atoms with Crippen LogP contribution in [-0.4, -0.2) is 23.9 Å². The van der Waals surface area contributed by atoms with E-state index in [0.717, 1.165) is 0 Å². The monoisotopic (exact) mass is 442 g/mol. The Morgan fingerprint density at radius 2 is 1.96 bits per heavy atom. The summed E-state index contributed by atoms with van der Waals surface area (Å²) in [5, 5.41) is -0.0962. The minimum Gasteiger partial charge on any atom is -0.340 e. The number of benzene rings is 2. The Kier molecular flexibility index (Phi) is 5.71. The second-order valence-corrected chi connectivity index (χ2v) is 8.29. The van der Waals surface area contributed by atoms with Gasteiger partial charge in [0.1, 0.15) is 0 Å². The van der Waals surface area contributed by atoms with Gasteiger partial charge in [0.15, 0.2) is 5.82 Å². The lowest BCUT2D eigenvalue weighted by Crippen LogP contribution is -2.41. The molecule has 0 saturated carbocycles. The van der Waals surface area contributed by atoms with Crippen molar-refractivity contribution < 1.29 is 17.6 Å². The third-order valence-corrected chi connectivity index (χ3v) is 5.43. The zero-order valence-corrected chi connectivity index (χ0v) is 16.6. The summed E-state index contributed by atoms with van der Waals surface area (Å²) in [5.74, 6) is -2.01. The van der Waals surface area contributed by atoms with Crippen LogP contribution in [0.5, 0.6) is 0 Å². The first kappa shape index (κ1) is 20.3. The van der Waals surface area contributed by atoms with Gasteiger partial charge in [-0.3, -0.25) is 10.2 Å². The number of carbonyl (C=O) groups excluding carboxylic acids is 1. The van der Waals surface area contributed by atoms with Crippen molar-refractivity contribution in [1.82, 2.24) is 19.8 Å². The van der Waals surface area contributed by atoms with Gasteiger partial charge in [-0.15, -0.1) is 4.83 Å². The lowest BCUT2D eigenvalue weighted by Gasteiger charge is -2.11. The molecule has 0 spiro atoms. The Bertz CT molecular complexity index is 1160. The standard InChI is InChI=1S/C17H13Cl2FN4O3S/c1-24-8-15(21-9-24)10-5-13(16(20)14(19)6-10)17(25)22-23-28(26,27)12-4-2-3-11(18)7-12/h2-9,23H,1H3,(H,22,25). The van der Waals surface area contributed by atoms with E-state index < -0.39 is 27.3 Å². The molecule has 1 heterocycles. The van der Waals surface area contributed by atoms with E-state index in [1.54, 1.807) is 17.8 Å². The Morgan fingerprint density at radius 1 is 1.21 bits per heavy atom. The van der Waals surface area contributed by atoms with E-state index in [2.05, 4.69) is 4.98 Å². The highest BCUT2D eigenvalue weighted by Crippen LogP contribution is 2.27. The molecule has 2 N–H and O–H groups in total. The highest BCUT2D eigenvalue weighted by molar-refractivity contribution is 7.89. The summed E-state index contributed by atoms with van der Waals surface area (Å²) >= 11 is 11.7. The third kappa shape index (κ3) is 4.33. The smallest absolute Gasteiger partial charge is 0.269 e. The van der Waals surface area contributed by atoms with Gasteiger partial charge in [0.25, 0.3) is 15.9 Å². The van der Waals surface area contributed by atoms with Gasteiger partial charge in [-0.05, 0) is 30.3 Å². The molecule has 2 aromatic carbocycles. The first-order valence-electron chi connectivity index (χ1n) is 7.72. The molecule has 1 amide bonds. The van der Waals surface area contributed by atoms with Crippen molar-refractivity contribution in [2.24, 2.45) is 7.05 Å². The number of aryl methyl sites for hydroxylation is 1. The van der Waals surface area contributed by atoms with E-state index in [4.69, 9.17) is 23.2 Å². The minimum atomic E-state index is -4.11. The molecule has 146 valence electrons. The molecule has 3 rings (SSSR count). The number of halogens is 3. The van der Waals surface area contributed by atoms with Crippen LogP contribution >= 0.6 is 23.2 Å². The summed E-state index contributed by atoms with van der Waals surface area (Å²) in [6, 6.07) is 7.99. The number of aromatic nitrogens is 2. The Morgan fingerprint density at radius 3 is 2.61 bits per heavy atom. The summed E-state index contributed by atoms with van der Waals surface area (Å²) in [7, 11) is -2.36. The second-order valence-electron chi connectivity index (χ2n) is 5.76. The molecule has 11 heteroatoms. The van der Waals surface area contributed by atoms with Crippen molar-refractivity contribution in [3.8, 4) is 11.3 Å². The first-order valence-corrected chi connectivity index (χ1v) is 9.96. The topological polar surface area (TPSA) is 93.1 Å². The molecule has 0 saturated heterocycles. The predicted octanol–water partition coefficient (Wildman–Crippen LogP) is 3.16. The van der Waals surface area contributed by atoms with Crippen molar-refractivity contribution in [2.45, 2.75) is 4.90 Å². The van der Waals surface area contributed by atoms with Crippen LogP contribution < -0.4 is 10.3 Å². The van der Waals surface area contributed by atoms with Crippen molar-refractivity contribution in [1.29, 1.82) is 0 Å². The van der Waals surface area contributed by atoms with E-state index in [0.29, 0.717) is 11.3 Å². The van der Waals surface area contributed by atoms with Gasteiger partial charge in [-0.1, -0.05) is 29.3 Å². The Labute approximate surface area is 170 Å². The molecule has 0 bridgehead atoms. The van der Waals surface area contributed by atoms with Gasteiger partial charge >= 0.3 is 0 Å². The molecule has 3 aromatic rings. The van der Waals surface area contributed by atoms with Gasteiger partial charge in [-0.2, -0.15) is 0 Å². The zero-order valence-electron chi connectivity index (χ0n) is 14.3. The van der Waals surface area contributed by atoms with Crippen molar-refractivity contribution >= 4 is 39.1 Å². The number of nitrogens with zero attached hydrogens (tertiary/aromatic N) is 2. The number of rotatable bonds is 5. The van der Waals surface area contributed by atoms with Crippen LogP contribution in [-0.2, 0) is 17.1 Å². The summed E-state index contributed by atoms with van der Waals surface area (Å²) in [4.78, 5) is 18.2. The van der Waals surface area contributed by atoms with Crippen LogP contribution in [0.25, 0.3) is 11.3 Å². The summed E-state index contributed by atoms with van der Waals surface area (Å²) < 4.78 is 40.5. The predicted molar refractivity (Wildman–Crippen MR) is 103 cm³/mol. The van der Waals surface area contributed by atoms with E-state index in [9.17, 15) is 17.6 Å². The van der Waals surface area contributed by atoms with E-state index in [1.807, 2.05) is 10.3 Å². The molecule has 28 heavy (non-hydrogen) atoms. The quantitative estimate of drug-likeness (QED) is 0.593. The van der Waals surface area contributed by atoms with Gasteiger partial charge in [0.2, 0.25) is 0 Å². The molecule has 0 unspecified atom stereocenters. The number of carbonyl (C=O) groups is 1. The molecule has 0 aliphatic carbocycles. The van der Waals surface area contributed by atoms with Gasteiger partial charge in [0, 0.05) is 23.8 Å². The number of amides is 1. The van der Waals surface area contributed by atoms with Crippen molar-refractivity contribution in [2.75, 3.05) is 0 Å². The van der Waals surface area contributed by atoms with Crippen LogP contribution in [0.3, 0.4) is 0 Å². The largest absolute Gasteiger partial charge is 0.340 e. The minimum absolute atomic E-state index is 0.166. The molecular weight excluding hydrogens is 430 g/mol. The van der Waals surface area contributed by atoms with Gasteiger partial charge < -0.3 is 4.57 Å². The van der Waals surface area contributed by atoms with E-state index in [1.165, 1.54) is 42.7 Å². The molecule has 0 fully saturated rings. The highest BCUT2D eigenvalue weighted by atomic mass is 35.5. The molecule has 0 radical (unpaired) electrons. The average Bonchev–Trinajstić information content (AvgIpc) is 3.08. The maximum Gasteiger partial charge on any atom is 0.269 e. The maximum atomic E-state index is 14.3. The zero-order chi connectivity index (χ0) is 20.5. The molecule has 0 atom stereocenters. The van der Waals surface area contributed by atoms with Crippen LogP contribution in [0.1, 0.15) is 10.4 Å². The third-order valence-electron chi connectivity index (χ3n) is 3.68. The van der Waals surface area contributed by atoms with Crippen LogP contribution in [0.4, 0.5) is 4.39 Å². The molecule has 7 nitrogen and oxygen atoms in total.